The van der Waals surface area contributed by atoms with E-state index >= 15 is 0 Å². The molecular weight excluding hydrogens is 404 g/mol. The van der Waals surface area contributed by atoms with Crippen molar-refractivity contribution in [3.8, 4) is 0 Å². The fraction of sp³-hybridized carbons (Fsp3) is 0.524. The largest absolute Gasteiger partial charge is 0.371 e. The average Bonchev–Trinajstić information content (AvgIpc) is 3.37. The van der Waals surface area contributed by atoms with Crippen molar-refractivity contribution >= 4 is 21.6 Å². The Hall–Kier alpha value is -2.39. The number of rotatable bonds is 4. The number of benzene rings is 1. The Morgan fingerprint density at radius 2 is 1.67 bits per heavy atom. The van der Waals surface area contributed by atoms with Gasteiger partial charge in [-0.2, -0.15) is 4.31 Å². The minimum Gasteiger partial charge on any atom is -0.371 e. The number of carbonyl (C=O) groups excluding carboxylic acids is 1. The van der Waals surface area contributed by atoms with Gasteiger partial charge in [0, 0.05) is 45.0 Å². The second kappa shape index (κ2) is 8.03. The maximum Gasteiger partial charge on any atom is 0.256 e. The Morgan fingerprint density at radius 1 is 1.00 bits per heavy atom. The van der Waals surface area contributed by atoms with E-state index in [-0.39, 0.29) is 23.9 Å². The number of amides is 1. The number of sulfonamides is 1. The van der Waals surface area contributed by atoms with Gasteiger partial charge in [0.2, 0.25) is 10.0 Å². The van der Waals surface area contributed by atoms with E-state index in [0.717, 1.165) is 37.2 Å². The summed E-state index contributed by atoms with van der Waals surface area (Å²) in [6, 6.07) is 6.02. The van der Waals surface area contributed by atoms with Gasteiger partial charge in [0.05, 0.1) is 5.56 Å². The summed E-state index contributed by atoms with van der Waals surface area (Å²) < 4.78 is 32.5. The monoisotopic (exact) mass is 432 g/mol. The van der Waals surface area contributed by atoms with Crippen molar-refractivity contribution in [2.45, 2.75) is 38.5 Å². The van der Waals surface area contributed by atoms with Gasteiger partial charge in [-0.25, -0.2) is 8.42 Å². The summed E-state index contributed by atoms with van der Waals surface area (Å²) in [5.41, 5.74) is 3.09. The van der Waals surface area contributed by atoms with Crippen molar-refractivity contribution in [2.24, 2.45) is 0 Å². The van der Waals surface area contributed by atoms with Gasteiger partial charge in [-0.3, -0.25) is 4.79 Å². The van der Waals surface area contributed by atoms with Gasteiger partial charge in [0.25, 0.3) is 5.91 Å². The first-order valence-corrected chi connectivity index (χ1v) is 11.8. The van der Waals surface area contributed by atoms with Crippen LogP contribution in [0.2, 0.25) is 0 Å². The number of piperazine rings is 1. The zero-order valence-electron chi connectivity index (χ0n) is 17.7. The molecule has 4 rings (SSSR count). The molecule has 0 saturated carbocycles. The number of hydrogen-bond acceptors (Lipinski definition) is 6. The van der Waals surface area contributed by atoms with Gasteiger partial charge in [-0.15, -0.1) is 0 Å². The predicted molar refractivity (Wildman–Crippen MR) is 113 cm³/mol. The van der Waals surface area contributed by atoms with E-state index in [0.29, 0.717) is 30.1 Å². The second-order valence-electron chi connectivity index (χ2n) is 8.06. The van der Waals surface area contributed by atoms with Gasteiger partial charge in [0.15, 0.2) is 5.76 Å². The van der Waals surface area contributed by atoms with Gasteiger partial charge >= 0.3 is 0 Å². The minimum atomic E-state index is -3.69. The second-order valence-corrected chi connectivity index (χ2v) is 9.94. The number of aryl methyl sites for hydroxylation is 3. The van der Waals surface area contributed by atoms with Crippen LogP contribution in [0.15, 0.2) is 27.6 Å². The molecule has 2 fully saturated rings. The lowest BCUT2D eigenvalue weighted by atomic mass is 10.1. The molecule has 1 aromatic heterocycles. The topological polar surface area (TPSA) is 87.0 Å². The molecule has 0 radical (unpaired) electrons. The Balaban J connectivity index is 1.51. The van der Waals surface area contributed by atoms with Gasteiger partial charge < -0.3 is 14.3 Å². The molecule has 9 heteroatoms. The maximum atomic E-state index is 13.3. The predicted octanol–water partition coefficient (Wildman–Crippen LogP) is 2.35. The van der Waals surface area contributed by atoms with E-state index in [9.17, 15) is 13.2 Å². The molecule has 0 aliphatic carbocycles. The molecule has 0 spiro atoms. The summed E-state index contributed by atoms with van der Waals surface area (Å²) in [5, 5.41) is 3.77. The van der Waals surface area contributed by atoms with E-state index in [4.69, 9.17) is 4.52 Å². The highest BCUT2D eigenvalue weighted by Gasteiger charge is 2.35. The van der Waals surface area contributed by atoms with Crippen LogP contribution in [0, 0.1) is 20.8 Å². The van der Waals surface area contributed by atoms with Crippen molar-refractivity contribution in [2.75, 3.05) is 44.2 Å². The van der Waals surface area contributed by atoms with Crippen LogP contribution in [0.3, 0.4) is 0 Å². The third-order valence-corrected chi connectivity index (χ3v) is 8.06. The fourth-order valence-corrected chi connectivity index (χ4v) is 6.04. The van der Waals surface area contributed by atoms with Crippen LogP contribution >= 0.6 is 0 Å². The number of anilines is 1. The molecule has 1 aromatic carbocycles. The summed E-state index contributed by atoms with van der Waals surface area (Å²) >= 11 is 0. The average molecular weight is 433 g/mol. The van der Waals surface area contributed by atoms with Crippen molar-refractivity contribution in [3.05, 3.63) is 40.8 Å². The van der Waals surface area contributed by atoms with Crippen LogP contribution in [0.5, 0.6) is 0 Å². The fourth-order valence-electron chi connectivity index (χ4n) is 4.33. The first-order chi connectivity index (χ1) is 14.3. The summed E-state index contributed by atoms with van der Waals surface area (Å²) in [6.45, 7) is 8.36. The molecular formula is C21H28N4O4S. The molecule has 8 nitrogen and oxygen atoms in total. The molecule has 3 heterocycles. The maximum absolute atomic E-state index is 13.3. The van der Waals surface area contributed by atoms with E-state index in [1.807, 2.05) is 25.1 Å². The zero-order chi connectivity index (χ0) is 21.5. The van der Waals surface area contributed by atoms with Gasteiger partial charge in [-0.1, -0.05) is 16.8 Å². The standard InChI is InChI=1S/C21H28N4O4S/c1-15-6-7-19(23-8-4-5-9-23)18(14-15)21(26)24-10-12-25(13-11-24)30(27,28)20-16(2)22-29-17(20)3/h6-7,14H,4-5,8-13H2,1-3H3. The first kappa shape index (κ1) is 20.9. The third kappa shape index (κ3) is 3.72. The van der Waals surface area contributed by atoms with Crippen molar-refractivity contribution in [1.82, 2.24) is 14.4 Å². The lowest BCUT2D eigenvalue weighted by Gasteiger charge is -2.34. The highest BCUT2D eigenvalue weighted by molar-refractivity contribution is 7.89. The Kier molecular flexibility index (Phi) is 5.59. The molecule has 0 atom stereocenters. The molecule has 2 aliphatic rings. The number of aromatic nitrogens is 1. The van der Waals surface area contributed by atoms with Crippen LogP contribution in [0.25, 0.3) is 0 Å². The van der Waals surface area contributed by atoms with Crippen LogP contribution in [-0.2, 0) is 10.0 Å². The van der Waals surface area contributed by atoms with Crippen LogP contribution < -0.4 is 4.90 Å². The number of nitrogens with zero attached hydrogens (tertiary/aromatic N) is 4. The molecule has 2 aromatic rings. The lowest BCUT2D eigenvalue weighted by Crippen LogP contribution is -2.50. The summed E-state index contributed by atoms with van der Waals surface area (Å²) in [6.07, 6.45) is 2.28. The van der Waals surface area contributed by atoms with Crippen molar-refractivity contribution in [1.29, 1.82) is 0 Å². The van der Waals surface area contributed by atoms with E-state index in [2.05, 4.69) is 10.1 Å². The minimum absolute atomic E-state index is 0.0324. The van der Waals surface area contributed by atoms with Gasteiger partial charge in [0.1, 0.15) is 10.6 Å². The van der Waals surface area contributed by atoms with Gasteiger partial charge in [-0.05, 0) is 45.7 Å². The molecule has 2 saturated heterocycles. The molecule has 0 N–H and O–H groups in total. The zero-order valence-corrected chi connectivity index (χ0v) is 18.5. The molecule has 30 heavy (non-hydrogen) atoms. The van der Waals surface area contributed by atoms with Crippen molar-refractivity contribution in [3.63, 3.8) is 0 Å². The Bertz CT molecular complexity index is 1030. The normalized spacial score (nSPS) is 18.2. The smallest absolute Gasteiger partial charge is 0.256 e. The van der Waals surface area contributed by atoms with E-state index in [1.54, 1.807) is 18.7 Å². The molecule has 0 bridgehead atoms. The SMILES string of the molecule is Cc1ccc(N2CCCC2)c(C(=O)N2CCN(S(=O)(=O)c3c(C)noc3C)CC2)c1. The third-order valence-electron chi connectivity index (χ3n) is 5.92. The van der Waals surface area contributed by atoms with Crippen LogP contribution in [0.1, 0.15) is 40.2 Å². The van der Waals surface area contributed by atoms with Crippen LogP contribution in [-0.4, -0.2) is 68.0 Å². The number of carbonyl (C=O) groups is 1. The number of hydrogen-bond donors (Lipinski definition) is 0. The van der Waals surface area contributed by atoms with E-state index in [1.165, 1.54) is 4.31 Å². The molecule has 0 unspecified atom stereocenters. The lowest BCUT2D eigenvalue weighted by molar-refractivity contribution is 0.0698. The summed E-state index contributed by atoms with van der Waals surface area (Å²) in [7, 11) is -3.69. The van der Waals surface area contributed by atoms with Crippen molar-refractivity contribution < 1.29 is 17.7 Å². The first-order valence-electron chi connectivity index (χ1n) is 10.4. The molecule has 162 valence electrons. The quantitative estimate of drug-likeness (QED) is 0.737. The Labute approximate surface area is 177 Å². The Morgan fingerprint density at radius 3 is 2.27 bits per heavy atom. The highest BCUT2D eigenvalue weighted by atomic mass is 32.2. The summed E-state index contributed by atoms with van der Waals surface area (Å²) in [4.78, 5) is 17.5. The molecule has 1 amide bonds. The summed E-state index contributed by atoms with van der Waals surface area (Å²) in [5.74, 6) is 0.260. The van der Waals surface area contributed by atoms with E-state index < -0.39 is 10.0 Å². The highest BCUT2D eigenvalue weighted by Crippen LogP contribution is 2.28. The molecule has 2 aliphatic heterocycles. The van der Waals surface area contributed by atoms with Crippen LogP contribution in [0.4, 0.5) is 5.69 Å².